The van der Waals surface area contributed by atoms with Gasteiger partial charge in [-0.2, -0.15) is 0 Å². The zero-order chi connectivity index (χ0) is 14.0. The fraction of sp³-hybridized carbons (Fsp3) is 0.308. The SMILES string of the molecule is CC(C(=O)ON1C(=O)CCC1=O)c1ccc(I)cc1. The summed E-state index contributed by atoms with van der Waals surface area (Å²) < 4.78 is 1.06. The molecule has 1 heterocycles. The quantitative estimate of drug-likeness (QED) is 0.601. The lowest BCUT2D eigenvalue weighted by atomic mass is 10.0. The number of hydroxylamine groups is 2. The molecule has 1 aromatic carbocycles. The van der Waals surface area contributed by atoms with Crippen LogP contribution in [0.2, 0.25) is 0 Å². The number of imide groups is 1. The minimum atomic E-state index is -0.607. The third-order valence-electron chi connectivity index (χ3n) is 2.91. The third kappa shape index (κ3) is 3.12. The fourth-order valence-corrected chi connectivity index (χ4v) is 2.07. The molecule has 0 radical (unpaired) electrons. The summed E-state index contributed by atoms with van der Waals surface area (Å²) in [7, 11) is 0. The summed E-state index contributed by atoms with van der Waals surface area (Å²) in [5.41, 5.74) is 0.782. The van der Waals surface area contributed by atoms with E-state index in [0.29, 0.717) is 5.06 Å². The molecule has 0 aliphatic carbocycles. The number of hydrogen-bond donors (Lipinski definition) is 0. The minimum absolute atomic E-state index is 0.101. The van der Waals surface area contributed by atoms with Crippen LogP contribution in [0.4, 0.5) is 0 Å². The van der Waals surface area contributed by atoms with Crippen molar-refractivity contribution < 1.29 is 19.2 Å². The lowest BCUT2D eigenvalue weighted by molar-refractivity contribution is -0.198. The number of halogens is 1. The fourth-order valence-electron chi connectivity index (χ4n) is 1.71. The van der Waals surface area contributed by atoms with E-state index in [2.05, 4.69) is 22.6 Å². The number of carbonyl (C=O) groups excluding carboxylic acids is 3. The highest BCUT2D eigenvalue weighted by molar-refractivity contribution is 14.1. The van der Waals surface area contributed by atoms with Gasteiger partial charge in [0, 0.05) is 16.4 Å². The van der Waals surface area contributed by atoms with Crippen molar-refractivity contribution in [3.8, 4) is 0 Å². The van der Waals surface area contributed by atoms with Gasteiger partial charge >= 0.3 is 5.97 Å². The third-order valence-corrected chi connectivity index (χ3v) is 3.63. The number of carbonyl (C=O) groups is 3. The average molecular weight is 373 g/mol. The van der Waals surface area contributed by atoms with E-state index in [-0.39, 0.29) is 12.8 Å². The van der Waals surface area contributed by atoms with Gasteiger partial charge in [0.15, 0.2) is 0 Å². The summed E-state index contributed by atoms with van der Waals surface area (Å²) in [6.07, 6.45) is 0.202. The second-order valence-electron chi connectivity index (χ2n) is 4.27. The maximum absolute atomic E-state index is 11.9. The topological polar surface area (TPSA) is 63.7 Å². The summed E-state index contributed by atoms with van der Waals surface area (Å²) in [6.45, 7) is 1.68. The lowest BCUT2D eigenvalue weighted by Crippen LogP contribution is -2.33. The molecule has 2 rings (SSSR count). The summed E-state index contributed by atoms with van der Waals surface area (Å²) in [5.74, 6) is -2.07. The molecule has 1 aliphatic heterocycles. The number of hydrogen-bond acceptors (Lipinski definition) is 4. The van der Waals surface area contributed by atoms with Crippen molar-refractivity contribution in [3.05, 3.63) is 33.4 Å². The molecule has 1 atom stereocenters. The molecule has 19 heavy (non-hydrogen) atoms. The first-order valence-electron chi connectivity index (χ1n) is 5.82. The van der Waals surface area contributed by atoms with Gasteiger partial charge in [0.05, 0.1) is 5.92 Å². The summed E-state index contributed by atoms with van der Waals surface area (Å²) in [4.78, 5) is 39.5. The monoisotopic (exact) mass is 373 g/mol. The standard InChI is InChI=1S/C13H12INO4/c1-8(9-2-4-10(14)5-3-9)13(18)19-15-11(16)6-7-12(15)17/h2-5,8H,6-7H2,1H3. The Labute approximate surface area is 124 Å². The largest absolute Gasteiger partial charge is 0.340 e. The van der Waals surface area contributed by atoms with Gasteiger partial charge in [0.1, 0.15) is 0 Å². The molecule has 0 saturated carbocycles. The van der Waals surface area contributed by atoms with Crippen LogP contribution < -0.4 is 0 Å². The Morgan fingerprint density at radius 1 is 1.21 bits per heavy atom. The van der Waals surface area contributed by atoms with E-state index in [0.717, 1.165) is 9.13 Å². The second kappa shape index (κ2) is 5.68. The summed E-state index contributed by atoms with van der Waals surface area (Å²) in [6, 6.07) is 7.40. The molecule has 1 aromatic rings. The van der Waals surface area contributed by atoms with Crippen LogP contribution in [0.3, 0.4) is 0 Å². The molecule has 1 saturated heterocycles. The summed E-state index contributed by atoms with van der Waals surface area (Å²) >= 11 is 2.17. The lowest BCUT2D eigenvalue weighted by Gasteiger charge is -2.16. The van der Waals surface area contributed by atoms with Crippen molar-refractivity contribution in [1.29, 1.82) is 0 Å². The van der Waals surface area contributed by atoms with Gasteiger partial charge in [-0.15, -0.1) is 5.06 Å². The van der Waals surface area contributed by atoms with E-state index in [1.807, 2.05) is 24.3 Å². The highest BCUT2D eigenvalue weighted by atomic mass is 127. The molecule has 1 unspecified atom stereocenters. The summed E-state index contributed by atoms with van der Waals surface area (Å²) in [5, 5.41) is 0.575. The van der Waals surface area contributed by atoms with Crippen molar-refractivity contribution in [1.82, 2.24) is 5.06 Å². The van der Waals surface area contributed by atoms with E-state index in [4.69, 9.17) is 4.84 Å². The van der Waals surface area contributed by atoms with E-state index in [1.54, 1.807) is 6.92 Å². The molecule has 0 aromatic heterocycles. The zero-order valence-corrected chi connectivity index (χ0v) is 12.4. The van der Waals surface area contributed by atoms with Gasteiger partial charge in [-0.25, -0.2) is 4.79 Å². The molecule has 2 amide bonds. The van der Waals surface area contributed by atoms with Crippen LogP contribution in [-0.4, -0.2) is 22.8 Å². The molecule has 1 fully saturated rings. The van der Waals surface area contributed by atoms with Crippen molar-refractivity contribution in [2.45, 2.75) is 25.7 Å². The van der Waals surface area contributed by atoms with Gasteiger partial charge in [-0.3, -0.25) is 9.59 Å². The highest BCUT2D eigenvalue weighted by Crippen LogP contribution is 2.20. The van der Waals surface area contributed by atoms with Crippen molar-refractivity contribution in [2.75, 3.05) is 0 Å². The van der Waals surface area contributed by atoms with Gasteiger partial charge in [-0.1, -0.05) is 12.1 Å². The van der Waals surface area contributed by atoms with Crippen LogP contribution >= 0.6 is 22.6 Å². The smallest absolute Gasteiger partial charge is 0.330 e. The van der Waals surface area contributed by atoms with Crippen LogP contribution in [0.1, 0.15) is 31.2 Å². The zero-order valence-electron chi connectivity index (χ0n) is 10.3. The first-order chi connectivity index (χ1) is 8.99. The van der Waals surface area contributed by atoms with E-state index in [1.165, 1.54) is 0 Å². The Kier molecular flexibility index (Phi) is 4.18. The van der Waals surface area contributed by atoms with E-state index >= 15 is 0 Å². The van der Waals surface area contributed by atoms with E-state index < -0.39 is 23.7 Å². The van der Waals surface area contributed by atoms with Crippen molar-refractivity contribution >= 4 is 40.4 Å². The minimum Gasteiger partial charge on any atom is -0.330 e. The Morgan fingerprint density at radius 3 is 2.26 bits per heavy atom. The number of amides is 2. The van der Waals surface area contributed by atoms with Crippen LogP contribution in [0.15, 0.2) is 24.3 Å². The Morgan fingerprint density at radius 2 is 1.74 bits per heavy atom. The number of benzene rings is 1. The molecule has 0 bridgehead atoms. The van der Waals surface area contributed by atoms with Crippen LogP contribution in [0.5, 0.6) is 0 Å². The highest BCUT2D eigenvalue weighted by Gasteiger charge is 2.34. The van der Waals surface area contributed by atoms with Crippen molar-refractivity contribution in [2.24, 2.45) is 0 Å². The second-order valence-corrected chi connectivity index (χ2v) is 5.51. The van der Waals surface area contributed by atoms with Crippen molar-refractivity contribution in [3.63, 3.8) is 0 Å². The first kappa shape index (κ1) is 14.0. The number of rotatable bonds is 3. The van der Waals surface area contributed by atoms with Gasteiger partial charge in [0.25, 0.3) is 11.8 Å². The average Bonchev–Trinajstić information content (AvgIpc) is 2.70. The maximum atomic E-state index is 11.9. The number of nitrogens with zero attached hydrogens (tertiary/aromatic N) is 1. The Bertz CT molecular complexity index is 510. The van der Waals surface area contributed by atoms with Crippen LogP contribution in [0.25, 0.3) is 0 Å². The normalized spacial score (nSPS) is 16.6. The Hall–Kier alpha value is -1.44. The molecule has 0 N–H and O–H groups in total. The predicted octanol–water partition coefficient (Wildman–Crippen LogP) is 2.00. The molecule has 5 nitrogen and oxygen atoms in total. The molecular formula is C13H12INO4. The van der Waals surface area contributed by atoms with E-state index in [9.17, 15) is 14.4 Å². The predicted molar refractivity (Wildman–Crippen MR) is 74.8 cm³/mol. The molecule has 0 spiro atoms. The van der Waals surface area contributed by atoms with Gasteiger partial charge in [-0.05, 0) is 47.2 Å². The van der Waals surface area contributed by atoms with Crippen LogP contribution in [0, 0.1) is 3.57 Å². The molecular weight excluding hydrogens is 361 g/mol. The molecule has 100 valence electrons. The molecule has 1 aliphatic rings. The maximum Gasteiger partial charge on any atom is 0.340 e. The van der Waals surface area contributed by atoms with Gasteiger partial charge < -0.3 is 4.84 Å². The Balaban J connectivity index is 2.05. The van der Waals surface area contributed by atoms with Gasteiger partial charge in [0.2, 0.25) is 0 Å². The first-order valence-corrected chi connectivity index (χ1v) is 6.90. The molecule has 6 heteroatoms. The van der Waals surface area contributed by atoms with Crippen LogP contribution in [-0.2, 0) is 19.2 Å².